The second-order valence-electron chi connectivity index (χ2n) is 5.17. The minimum Gasteiger partial charge on any atom is -0.481 e. The Morgan fingerprint density at radius 2 is 2.24 bits per heavy atom. The summed E-state index contributed by atoms with van der Waals surface area (Å²) in [4.78, 5) is 24.9. The minimum absolute atomic E-state index is 0.170. The molecule has 1 unspecified atom stereocenters. The van der Waals surface area contributed by atoms with Gasteiger partial charge in [0.15, 0.2) is 0 Å². The van der Waals surface area contributed by atoms with Crippen LogP contribution in [-0.4, -0.2) is 35.1 Å². The van der Waals surface area contributed by atoms with Gasteiger partial charge in [0.2, 0.25) is 0 Å². The van der Waals surface area contributed by atoms with Gasteiger partial charge >= 0.3 is 12.0 Å². The molecule has 2 amide bonds. The Morgan fingerprint density at radius 1 is 1.52 bits per heavy atom. The van der Waals surface area contributed by atoms with Gasteiger partial charge in [-0.05, 0) is 47.0 Å². The van der Waals surface area contributed by atoms with E-state index in [1.165, 1.54) is 17.0 Å². The van der Waals surface area contributed by atoms with Crippen LogP contribution in [0.3, 0.4) is 0 Å². The Labute approximate surface area is 130 Å². The maximum Gasteiger partial charge on any atom is 0.321 e. The predicted octanol–water partition coefficient (Wildman–Crippen LogP) is 3.31. The zero-order valence-corrected chi connectivity index (χ0v) is 13.1. The first-order chi connectivity index (χ1) is 9.88. The predicted molar refractivity (Wildman–Crippen MR) is 79.7 cm³/mol. The third-order valence-corrected chi connectivity index (χ3v) is 4.59. The third-order valence-electron chi connectivity index (χ3n) is 3.94. The zero-order valence-electron chi connectivity index (χ0n) is 11.5. The Hall–Kier alpha value is -1.63. The molecule has 1 aromatic rings. The summed E-state index contributed by atoms with van der Waals surface area (Å²) in [5.74, 6) is -1.35. The number of nitrogens with zero attached hydrogens (tertiary/aromatic N) is 1. The standard InChI is InChI=1S/C14H16BrFN2O3/c1-2-14(12(19)20)5-6-18(8-14)13(21)17-9-3-4-10(15)11(16)7-9/h3-4,7H,2,5-6,8H2,1H3,(H,17,21)(H,19,20). The van der Waals surface area contributed by atoms with E-state index in [1.54, 1.807) is 13.0 Å². The summed E-state index contributed by atoms with van der Waals surface area (Å²) in [6.45, 7) is 2.36. The highest BCUT2D eigenvalue weighted by molar-refractivity contribution is 9.10. The van der Waals surface area contributed by atoms with E-state index in [4.69, 9.17) is 0 Å². The molecule has 0 saturated carbocycles. The van der Waals surface area contributed by atoms with Crippen molar-refractivity contribution in [3.05, 3.63) is 28.5 Å². The molecule has 5 nitrogen and oxygen atoms in total. The van der Waals surface area contributed by atoms with E-state index in [0.29, 0.717) is 29.5 Å². The molecule has 7 heteroatoms. The lowest BCUT2D eigenvalue weighted by Gasteiger charge is -2.23. The Kier molecular flexibility index (Phi) is 4.51. The maximum atomic E-state index is 13.4. The van der Waals surface area contributed by atoms with E-state index >= 15 is 0 Å². The molecule has 0 aliphatic carbocycles. The van der Waals surface area contributed by atoms with Gasteiger partial charge in [0.25, 0.3) is 0 Å². The van der Waals surface area contributed by atoms with Crippen LogP contribution < -0.4 is 5.32 Å². The van der Waals surface area contributed by atoms with Crippen molar-refractivity contribution in [3.8, 4) is 0 Å². The highest BCUT2D eigenvalue weighted by atomic mass is 79.9. The number of anilines is 1. The number of carboxylic acid groups (broad SMARTS) is 1. The Morgan fingerprint density at radius 3 is 2.76 bits per heavy atom. The number of aliphatic carboxylic acids is 1. The smallest absolute Gasteiger partial charge is 0.321 e. The summed E-state index contributed by atoms with van der Waals surface area (Å²) < 4.78 is 13.7. The number of urea groups is 1. The van der Waals surface area contributed by atoms with Crippen LogP contribution in [0.2, 0.25) is 0 Å². The molecule has 2 rings (SSSR count). The number of benzene rings is 1. The number of rotatable bonds is 3. The van der Waals surface area contributed by atoms with Crippen molar-refractivity contribution in [1.82, 2.24) is 4.90 Å². The molecule has 1 aromatic carbocycles. The molecule has 114 valence electrons. The molecule has 21 heavy (non-hydrogen) atoms. The number of carboxylic acids is 1. The summed E-state index contributed by atoms with van der Waals surface area (Å²) in [7, 11) is 0. The van der Waals surface area contributed by atoms with Crippen LogP contribution in [0, 0.1) is 11.2 Å². The van der Waals surface area contributed by atoms with Crippen LogP contribution in [-0.2, 0) is 4.79 Å². The summed E-state index contributed by atoms with van der Waals surface area (Å²) in [6, 6.07) is 3.88. The monoisotopic (exact) mass is 358 g/mol. The molecule has 0 bridgehead atoms. The topological polar surface area (TPSA) is 69.6 Å². The molecular formula is C14H16BrFN2O3. The van der Waals surface area contributed by atoms with Crippen molar-refractivity contribution in [2.75, 3.05) is 18.4 Å². The molecule has 0 aromatic heterocycles. The number of hydrogen-bond donors (Lipinski definition) is 2. The molecule has 1 saturated heterocycles. The van der Waals surface area contributed by atoms with Crippen molar-refractivity contribution in [2.24, 2.45) is 5.41 Å². The van der Waals surface area contributed by atoms with Crippen molar-refractivity contribution < 1.29 is 19.1 Å². The zero-order chi connectivity index (χ0) is 15.6. The van der Waals surface area contributed by atoms with Gasteiger partial charge in [-0.25, -0.2) is 9.18 Å². The molecule has 1 aliphatic rings. The first-order valence-electron chi connectivity index (χ1n) is 6.62. The molecular weight excluding hydrogens is 343 g/mol. The molecule has 0 radical (unpaired) electrons. The fourth-order valence-corrected chi connectivity index (χ4v) is 2.68. The Balaban J connectivity index is 2.05. The van der Waals surface area contributed by atoms with Crippen molar-refractivity contribution >= 4 is 33.6 Å². The number of halogens is 2. The normalized spacial score (nSPS) is 21.4. The van der Waals surface area contributed by atoms with Crippen LogP contribution in [0.4, 0.5) is 14.9 Å². The molecule has 0 spiro atoms. The van der Waals surface area contributed by atoms with Gasteiger partial charge in [0.1, 0.15) is 5.82 Å². The van der Waals surface area contributed by atoms with E-state index in [-0.39, 0.29) is 6.54 Å². The quantitative estimate of drug-likeness (QED) is 0.870. The first-order valence-corrected chi connectivity index (χ1v) is 7.41. The second kappa shape index (κ2) is 6.01. The summed E-state index contributed by atoms with van der Waals surface area (Å²) >= 11 is 3.04. The van der Waals surface area contributed by atoms with Crippen LogP contribution in [0.1, 0.15) is 19.8 Å². The largest absolute Gasteiger partial charge is 0.481 e. The fourth-order valence-electron chi connectivity index (χ4n) is 2.44. The van der Waals surface area contributed by atoms with Gasteiger partial charge in [0, 0.05) is 18.8 Å². The van der Waals surface area contributed by atoms with Crippen molar-refractivity contribution in [3.63, 3.8) is 0 Å². The molecule has 1 heterocycles. The number of nitrogens with one attached hydrogen (secondary N) is 1. The van der Waals surface area contributed by atoms with Crippen molar-refractivity contribution in [1.29, 1.82) is 0 Å². The molecule has 2 N–H and O–H groups in total. The number of carbonyl (C=O) groups excluding carboxylic acids is 1. The van der Waals surface area contributed by atoms with Crippen LogP contribution in [0.25, 0.3) is 0 Å². The third kappa shape index (κ3) is 3.18. The van der Waals surface area contributed by atoms with Gasteiger partial charge in [-0.3, -0.25) is 4.79 Å². The fraction of sp³-hybridized carbons (Fsp3) is 0.429. The van der Waals surface area contributed by atoms with E-state index in [0.717, 1.165) is 0 Å². The van der Waals surface area contributed by atoms with E-state index < -0.39 is 23.2 Å². The van der Waals surface area contributed by atoms with Gasteiger partial charge in [-0.2, -0.15) is 0 Å². The first kappa shape index (κ1) is 15.8. The molecule has 1 atom stereocenters. The summed E-state index contributed by atoms with van der Waals surface area (Å²) in [6.07, 6.45) is 0.903. The van der Waals surface area contributed by atoms with Crippen LogP contribution in [0.5, 0.6) is 0 Å². The van der Waals surface area contributed by atoms with E-state index in [9.17, 15) is 19.1 Å². The van der Waals surface area contributed by atoms with Gasteiger partial charge in [-0.1, -0.05) is 6.92 Å². The highest BCUT2D eigenvalue weighted by Crippen LogP contribution is 2.34. The summed E-state index contributed by atoms with van der Waals surface area (Å²) in [5, 5.41) is 11.9. The maximum absolute atomic E-state index is 13.4. The number of amides is 2. The highest BCUT2D eigenvalue weighted by Gasteiger charge is 2.44. The second-order valence-corrected chi connectivity index (χ2v) is 6.02. The summed E-state index contributed by atoms with van der Waals surface area (Å²) in [5.41, 5.74) is -0.535. The van der Waals surface area contributed by atoms with Crippen LogP contribution >= 0.6 is 15.9 Å². The van der Waals surface area contributed by atoms with Crippen LogP contribution in [0.15, 0.2) is 22.7 Å². The average molecular weight is 359 g/mol. The minimum atomic E-state index is -0.880. The lowest BCUT2D eigenvalue weighted by atomic mass is 9.84. The number of hydrogen-bond acceptors (Lipinski definition) is 2. The molecule has 1 fully saturated rings. The number of carbonyl (C=O) groups is 2. The Bertz CT molecular complexity index is 581. The van der Waals surface area contributed by atoms with Crippen molar-refractivity contribution in [2.45, 2.75) is 19.8 Å². The van der Waals surface area contributed by atoms with E-state index in [1.807, 2.05) is 0 Å². The van der Waals surface area contributed by atoms with Gasteiger partial charge in [0.05, 0.1) is 9.89 Å². The lowest BCUT2D eigenvalue weighted by molar-refractivity contribution is -0.148. The molecule has 1 aliphatic heterocycles. The van der Waals surface area contributed by atoms with E-state index in [2.05, 4.69) is 21.2 Å². The SMILES string of the molecule is CCC1(C(=O)O)CCN(C(=O)Nc2ccc(Br)c(F)c2)C1. The van der Waals surface area contributed by atoms with Gasteiger partial charge in [-0.15, -0.1) is 0 Å². The number of likely N-dealkylation sites (tertiary alicyclic amines) is 1. The average Bonchev–Trinajstić information content (AvgIpc) is 2.89. The van der Waals surface area contributed by atoms with Gasteiger partial charge < -0.3 is 15.3 Å². The lowest BCUT2D eigenvalue weighted by Crippen LogP contribution is -2.38.